The molecule has 0 saturated heterocycles. The van der Waals surface area contributed by atoms with Crippen molar-refractivity contribution < 1.29 is 5.11 Å². The maximum absolute atomic E-state index is 10.4. The molecule has 1 atom stereocenters. The molecule has 0 aromatic heterocycles. The molecule has 0 amide bonds. The molecule has 1 aliphatic carbocycles. The lowest BCUT2D eigenvalue weighted by Crippen LogP contribution is -2.38. The van der Waals surface area contributed by atoms with Crippen molar-refractivity contribution in [3.05, 3.63) is 0 Å². The van der Waals surface area contributed by atoms with Crippen LogP contribution in [0.2, 0.25) is 0 Å². The van der Waals surface area contributed by atoms with Crippen molar-refractivity contribution in [1.82, 2.24) is 9.80 Å². The van der Waals surface area contributed by atoms with Gasteiger partial charge in [-0.1, -0.05) is 40.0 Å². The van der Waals surface area contributed by atoms with Gasteiger partial charge >= 0.3 is 0 Å². The van der Waals surface area contributed by atoms with Gasteiger partial charge in [0.2, 0.25) is 0 Å². The molecule has 0 aromatic carbocycles. The summed E-state index contributed by atoms with van der Waals surface area (Å²) >= 11 is 0. The normalized spacial score (nSPS) is 18.9. The molecule has 1 aliphatic rings. The molecule has 0 radical (unpaired) electrons. The molecule has 0 bridgehead atoms. The van der Waals surface area contributed by atoms with Crippen molar-refractivity contribution in [3.63, 3.8) is 0 Å². The van der Waals surface area contributed by atoms with Gasteiger partial charge in [-0.25, -0.2) is 0 Å². The van der Waals surface area contributed by atoms with E-state index < -0.39 is 0 Å². The Hall–Kier alpha value is -0.120. The lowest BCUT2D eigenvalue weighted by Gasteiger charge is -2.31. The third-order valence-corrected chi connectivity index (χ3v) is 4.93. The van der Waals surface area contributed by atoms with Gasteiger partial charge in [-0.3, -0.25) is 0 Å². The van der Waals surface area contributed by atoms with Gasteiger partial charge in [0.05, 0.1) is 6.10 Å². The Balaban J connectivity index is 2.23. The summed E-state index contributed by atoms with van der Waals surface area (Å²) in [6.45, 7) is 13.2. The van der Waals surface area contributed by atoms with Crippen LogP contribution in [0, 0.1) is 5.92 Å². The number of hydrogen-bond donors (Lipinski definition) is 1. The van der Waals surface area contributed by atoms with Gasteiger partial charge in [-0.15, -0.1) is 0 Å². The molecule has 1 saturated carbocycles. The van der Waals surface area contributed by atoms with Crippen molar-refractivity contribution in [1.29, 1.82) is 0 Å². The minimum Gasteiger partial charge on any atom is -0.392 e. The van der Waals surface area contributed by atoms with E-state index in [1.54, 1.807) is 0 Å². The summed E-state index contributed by atoms with van der Waals surface area (Å²) in [5.74, 6) is 0.556. The third-order valence-electron chi connectivity index (χ3n) is 4.93. The lowest BCUT2D eigenvalue weighted by molar-refractivity contribution is 0.0479. The molecule has 1 N–H and O–H groups in total. The number of aliphatic hydroxyl groups is 1. The van der Waals surface area contributed by atoms with E-state index in [1.807, 2.05) is 0 Å². The van der Waals surface area contributed by atoms with E-state index in [4.69, 9.17) is 0 Å². The Labute approximate surface area is 126 Å². The second-order valence-electron chi connectivity index (χ2n) is 6.24. The Morgan fingerprint density at radius 1 is 0.900 bits per heavy atom. The van der Waals surface area contributed by atoms with E-state index in [0.29, 0.717) is 5.92 Å². The van der Waals surface area contributed by atoms with Gasteiger partial charge in [-0.05, 0) is 57.9 Å². The first-order chi connectivity index (χ1) is 9.71. The van der Waals surface area contributed by atoms with Crippen LogP contribution < -0.4 is 0 Å². The number of rotatable bonds is 10. The van der Waals surface area contributed by atoms with Gasteiger partial charge in [0, 0.05) is 6.54 Å². The van der Waals surface area contributed by atoms with E-state index in [2.05, 4.69) is 30.6 Å². The Kier molecular flexibility index (Phi) is 9.49. The fraction of sp³-hybridized carbons (Fsp3) is 1.00. The summed E-state index contributed by atoms with van der Waals surface area (Å²) < 4.78 is 0. The Morgan fingerprint density at radius 2 is 1.45 bits per heavy atom. The molecule has 120 valence electrons. The minimum absolute atomic E-state index is 0.108. The quantitative estimate of drug-likeness (QED) is 0.668. The summed E-state index contributed by atoms with van der Waals surface area (Å²) in [6.07, 6.45) is 7.57. The van der Waals surface area contributed by atoms with Gasteiger partial charge in [0.25, 0.3) is 0 Å². The first-order valence-corrected chi connectivity index (χ1v) is 8.83. The fourth-order valence-corrected chi connectivity index (χ4v) is 3.37. The second-order valence-corrected chi connectivity index (χ2v) is 6.24. The van der Waals surface area contributed by atoms with E-state index in [1.165, 1.54) is 45.1 Å². The standard InChI is InChI=1S/C17H36N2O/c1-4-18(5-2)13-10-14-19(6-3)15-17(20)16-11-8-7-9-12-16/h16-17,20H,4-15H2,1-3H3. The van der Waals surface area contributed by atoms with Crippen molar-refractivity contribution >= 4 is 0 Å². The van der Waals surface area contributed by atoms with Gasteiger partial charge < -0.3 is 14.9 Å². The maximum atomic E-state index is 10.4. The summed E-state index contributed by atoms with van der Waals surface area (Å²) in [5.41, 5.74) is 0. The van der Waals surface area contributed by atoms with E-state index in [0.717, 1.165) is 32.7 Å². The Morgan fingerprint density at radius 3 is 2.00 bits per heavy atom. The lowest BCUT2D eigenvalue weighted by atomic mass is 9.85. The van der Waals surface area contributed by atoms with Crippen LogP contribution in [0.15, 0.2) is 0 Å². The van der Waals surface area contributed by atoms with Crippen molar-refractivity contribution in [2.24, 2.45) is 5.92 Å². The first-order valence-electron chi connectivity index (χ1n) is 8.83. The number of hydrogen-bond acceptors (Lipinski definition) is 3. The van der Waals surface area contributed by atoms with Crippen molar-refractivity contribution in [2.45, 2.75) is 65.4 Å². The van der Waals surface area contributed by atoms with Crippen LogP contribution in [-0.2, 0) is 0 Å². The predicted octanol–water partition coefficient (Wildman–Crippen LogP) is 2.98. The molecular formula is C17H36N2O. The SMILES string of the molecule is CCN(CC)CCCN(CC)CC(O)C1CCCCC1. The van der Waals surface area contributed by atoms with Crippen LogP contribution in [0.4, 0.5) is 0 Å². The number of aliphatic hydroxyl groups excluding tert-OH is 1. The van der Waals surface area contributed by atoms with E-state index in [9.17, 15) is 5.11 Å². The minimum atomic E-state index is -0.108. The first kappa shape index (κ1) is 17.9. The summed E-state index contributed by atoms with van der Waals surface area (Å²) in [4.78, 5) is 4.91. The van der Waals surface area contributed by atoms with Crippen LogP contribution in [0.5, 0.6) is 0 Å². The average molecular weight is 284 g/mol. The summed E-state index contributed by atoms with van der Waals surface area (Å²) in [5, 5.41) is 10.4. The smallest absolute Gasteiger partial charge is 0.0695 e. The maximum Gasteiger partial charge on any atom is 0.0695 e. The van der Waals surface area contributed by atoms with Crippen LogP contribution in [0.25, 0.3) is 0 Å². The van der Waals surface area contributed by atoms with Gasteiger partial charge in [0.15, 0.2) is 0 Å². The fourth-order valence-electron chi connectivity index (χ4n) is 3.37. The summed E-state index contributed by atoms with van der Waals surface area (Å²) in [7, 11) is 0. The molecule has 3 heteroatoms. The zero-order valence-electron chi connectivity index (χ0n) is 14.0. The van der Waals surface area contributed by atoms with Gasteiger partial charge in [0.1, 0.15) is 0 Å². The van der Waals surface area contributed by atoms with Crippen molar-refractivity contribution in [3.8, 4) is 0 Å². The largest absolute Gasteiger partial charge is 0.392 e. The highest BCUT2D eigenvalue weighted by molar-refractivity contribution is 4.76. The topological polar surface area (TPSA) is 26.7 Å². The van der Waals surface area contributed by atoms with Crippen LogP contribution in [0.1, 0.15) is 59.3 Å². The van der Waals surface area contributed by atoms with E-state index in [-0.39, 0.29) is 6.10 Å². The molecule has 0 heterocycles. The third kappa shape index (κ3) is 6.55. The zero-order valence-corrected chi connectivity index (χ0v) is 14.0. The molecule has 1 rings (SSSR count). The van der Waals surface area contributed by atoms with Crippen LogP contribution in [-0.4, -0.2) is 60.3 Å². The van der Waals surface area contributed by atoms with Crippen LogP contribution in [0.3, 0.4) is 0 Å². The zero-order chi connectivity index (χ0) is 14.8. The van der Waals surface area contributed by atoms with Gasteiger partial charge in [-0.2, -0.15) is 0 Å². The predicted molar refractivity (Wildman–Crippen MR) is 87.1 cm³/mol. The van der Waals surface area contributed by atoms with Crippen molar-refractivity contribution in [2.75, 3.05) is 39.3 Å². The van der Waals surface area contributed by atoms with Crippen LogP contribution >= 0.6 is 0 Å². The molecule has 1 fully saturated rings. The summed E-state index contributed by atoms with van der Waals surface area (Å²) in [6, 6.07) is 0. The second kappa shape index (κ2) is 10.6. The molecule has 0 aliphatic heterocycles. The number of likely N-dealkylation sites (N-methyl/N-ethyl adjacent to an activating group) is 1. The molecule has 0 spiro atoms. The molecule has 20 heavy (non-hydrogen) atoms. The molecular weight excluding hydrogens is 248 g/mol. The highest BCUT2D eigenvalue weighted by Crippen LogP contribution is 2.26. The monoisotopic (exact) mass is 284 g/mol. The highest BCUT2D eigenvalue weighted by atomic mass is 16.3. The number of nitrogens with zero attached hydrogens (tertiary/aromatic N) is 2. The highest BCUT2D eigenvalue weighted by Gasteiger charge is 2.23. The Bertz CT molecular complexity index is 225. The molecule has 0 aromatic rings. The molecule has 3 nitrogen and oxygen atoms in total. The average Bonchev–Trinajstić information content (AvgIpc) is 2.51. The molecule has 1 unspecified atom stereocenters. The van der Waals surface area contributed by atoms with E-state index >= 15 is 0 Å².